The third-order valence-electron chi connectivity index (χ3n) is 11.8. The van der Waals surface area contributed by atoms with Crippen LogP contribution in [0.1, 0.15) is 82.5 Å². The maximum absolute atomic E-state index is 15.1. The molecule has 1 aromatic carbocycles. The number of allylic oxidation sites excluding steroid dienone is 1. The number of hydrogen-bond acceptors (Lipinski definition) is 5. The van der Waals surface area contributed by atoms with Crippen LogP contribution in [0.3, 0.4) is 0 Å². The molecule has 0 radical (unpaired) electrons. The molecule has 1 spiro atoms. The number of halogens is 1. The van der Waals surface area contributed by atoms with Gasteiger partial charge in [-0.2, -0.15) is 0 Å². The van der Waals surface area contributed by atoms with E-state index in [-0.39, 0.29) is 68.8 Å². The molecule has 4 fully saturated rings. The molecule has 2 N–H and O–H groups in total. The molecular weight excluding hydrogens is 554 g/mol. The summed E-state index contributed by atoms with van der Waals surface area (Å²) in [5.74, 6) is -0.344. The Morgan fingerprint density at radius 1 is 1.12 bits per heavy atom. The molecule has 7 nitrogen and oxygen atoms in total. The zero-order valence-electron chi connectivity index (χ0n) is 25.4. The number of benzene rings is 1. The van der Waals surface area contributed by atoms with Crippen molar-refractivity contribution >= 4 is 24.7 Å². The summed E-state index contributed by atoms with van der Waals surface area (Å²) in [6.45, 7) is 4.55. The van der Waals surface area contributed by atoms with Crippen LogP contribution >= 0.6 is 6.60 Å². The van der Waals surface area contributed by atoms with E-state index in [1.54, 1.807) is 0 Å². The van der Waals surface area contributed by atoms with Gasteiger partial charge in [-0.3, -0.25) is 0 Å². The fraction of sp³-hybridized carbons (Fsp3) is 0.667. The maximum atomic E-state index is 15.1. The standard InChI is InChI=1S/C33H46FN2O5P/c1-5-15-42-18-21(28(42)30(39)35-19-32(2)11-6-12-32)7-8-27(42)31(42)36-29(38)23-16-26(24(34)17-25(23)40-4)41-22-9-13-33(3,20-37)14-10-22/h7-8,16-17,20-22,27-28,31H,5-6,9-15,18-19H2,1-4H3,(H,35,39)(H,36,38)/t21-,22-,27-,28+,31-,33+/m0/s1. The van der Waals surface area contributed by atoms with E-state index in [0.29, 0.717) is 25.7 Å². The first-order valence-electron chi connectivity index (χ1n) is 15.8. The molecule has 6 rings (SSSR count). The van der Waals surface area contributed by atoms with Crippen LogP contribution < -0.4 is 20.1 Å². The van der Waals surface area contributed by atoms with Crippen LogP contribution in [0.4, 0.5) is 4.39 Å². The van der Waals surface area contributed by atoms with Crippen molar-refractivity contribution in [2.75, 3.05) is 26.0 Å². The predicted octanol–water partition coefficient (Wildman–Crippen LogP) is 5.64. The fourth-order valence-electron chi connectivity index (χ4n) is 9.04. The second-order valence-electron chi connectivity index (χ2n) is 14.5. The van der Waals surface area contributed by atoms with E-state index in [1.165, 1.54) is 25.7 Å². The van der Waals surface area contributed by atoms with Crippen molar-refractivity contribution in [2.45, 2.75) is 95.3 Å². The Kier molecular flexibility index (Phi) is 7.27. The molecule has 3 aliphatic heterocycles. The van der Waals surface area contributed by atoms with Crippen LogP contribution in [0.25, 0.3) is 0 Å². The Morgan fingerprint density at radius 2 is 1.86 bits per heavy atom. The SMILES string of the molecule is CCCP123C[C@H](C=C[C@H]1[C@H]2NC(=O)c1cc(O[C@H]2CC[C@@](C)(C=O)CC2)c(F)cc1OC)[C@@H]3C(=O)NCC1(C)CCC1. The van der Waals surface area contributed by atoms with Crippen LogP contribution in [-0.4, -0.2) is 67.3 Å². The molecule has 0 unspecified atom stereocenters. The van der Waals surface area contributed by atoms with E-state index in [4.69, 9.17) is 9.47 Å². The number of aldehydes is 1. The van der Waals surface area contributed by atoms with Gasteiger partial charge in [-0.05, 0) is 0 Å². The Hall–Kier alpha value is -2.47. The number of amides is 2. The van der Waals surface area contributed by atoms with Crippen molar-refractivity contribution < 1.29 is 28.2 Å². The molecule has 9 heteroatoms. The Labute approximate surface area is 248 Å². The number of carbonyl (C=O) groups is 3. The van der Waals surface area contributed by atoms with Gasteiger partial charge in [0.25, 0.3) is 0 Å². The van der Waals surface area contributed by atoms with Crippen molar-refractivity contribution in [3.8, 4) is 11.5 Å². The Balaban J connectivity index is 1.20. The molecular formula is C33H46FN2O5P. The van der Waals surface area contributed by atoms with Crippen LogP contribution in [0.5, 0.6) is 11.5 Å². The fourth-order valence-corrected chi connectivity index (χ4v) is 18.6. The third kappa shape index (κ3) is 4.41. The van der Waals surface area contributed by atoms with Gasteiger partial charge in [-0.15, -0.1) is 0 Å². The average Bonchev–Trinajstić information content (AvgIpc) is 3.57. The minimum absolute atomic E-state index is 0.0251. The van der Waals surface area contributed by atoms with Crippen LogP contribution in [-0.2, 0) is 9.59 Å². The summed E-state index contributed by atoms with van der Waals surface area (Å²) in [4.78, 5) is 39.0. The van der Waals surface area contributed by atoms with Gasteiger partial charge in [0.2, 0.25) is 0 Å². The molecule has 2 saturated heterocycles. The molecule has 2 saturated carbocycles. The number of carbonyl (C=O) groups excluding carboxylic acids is 3. The molecule has 4 atom stereocenters. The molecule has 2 aliphatic carbocycles. The third-order valence-corrected chi connectivity index (χ3v) is 20.2. The summed E-state index contributed by atoms with van der Waals surface area (Å²) in [7, 11) is 1.43. The van der Waals surface area contributed by atoms with E-state index in [2.05, 4.69) is 36.6 Å². The normalized spacial score (nSPS) is 35.1. The van der Waals surface area contributed by atoms with Gasteiger partial charge in [-0.25, -0.2) is 0 Å². The molecule has 3 heterocycles. The second-order valence-corrected chi connectivity index (χ2v) is 20.6. The van der Waals surface area contributed by atoms with Gasteiger partial charge in [0.05, 0.1) is 0 Å². The molecule has 2 bridgehead atoms. The van der Waals surface area contributed by atoms with Gasteiger partial charge in [0.1, 0.15) is 0 Å². The van der Waals surface area contributed by atoms with Crippen molar-refractivity contribution in [1.82, 2.24) is 10.6 Å². The monoisotopic (exact) mass is 600 g/mol. The first kappa shape index (κ1) is 29.6. The van der Waals surface area contributed by atoms with Gasteiger partial charge < -0.3 is 4.79 Å². The Bertz CT molecular complexity index is 1320. The number of rotatable bonds is 11. The summed E-state index contributed by atoms with van der Waals surface area (Å²) in [6, 6.07) is 2.67. The van der Waals surface area contributed by atoms with Crippen LogP contribution in [0.15, 0.2) is 24.3 Å². The number of hydrogen-bond donors (Lipinski definition) is 2. The topological polar surface area (TPSA) is 93.7 Å². The molecule has 230 valence electrons. The van der Waals surface area contributed by atoms with Gasteiger partial charge in [0.15, 0.2) is 0 Å². The van der Waals surface area contributed by atoms with E-state index in [9.17, 15) is 14.4 Å². The first-order valence-corrected chi connectivity index (χ1v) is 18.6. The molecule has 5 aliphatic rings. The van der Waals surface area contributed by atoms with E-state index in [1.807, 2.05) is 6.92 Å². The predicted molar refractivity (Wildman–Crippen MR) is 163 cm³/mol. The first-order chi connectivity index (χ1) is 20.0. The molecule has 1 aromatic rings. The van der Waals surface area contributed by atoms with Gasteiger partial charge >= 0.3 is 244 Å². The summed E-state index contributed by atoms with van der Waals surface area (Å²) in [5, 5.41) is 6.66. The molecule has 42 heavy (non-hydrogen) atoms. The quantitative estimate of drug-likeness (QED) is 0.195. The number of methoxy groups -OCH3 is 1. The average molecular weight is 601 g/mol. The van der Waals surface area contributed by atoms with E-state index < -0.39 is 12.4 Å². The summed E-state index contributed by atoms with van der Waals surface area (Å²) in [5.41, 5.74) is 0.275. The van der Waals surface area contributed by atoms with E-state index in [0.717, 1.165) is 44.4 Å². The van der Waals surface area contributed by atoms with Gasteiger partial charge in [-0.1, -0.05) is 0 Å². The minimum atomic E-state index is -2.55. The zero-order valence-corrected chi connectivity index (χ0v) is 26.3. The second kappa shape index (κ2) is 10.3. The number of nitrogens with one attached hydrogen (secondary N) is 2. The zero-order chi connectivity index (χ0) is 29.9. The summed E-state index contributed by atoms with van der Waals surface area (Å²) >= 11 is 0. The molecule has 0 aromatic heterocycles. The van der Waals surface area contributed by atoms with Crippen molar-refractivity contribution in [1.29, 1.82) is 0 Å². The van der Waals surface area contributed by atoms with Gasteiger partial charge in [0, 0.05) is 0 Å². The number of ether oxygens (including phenoxy) is 2. The molecule has 2 amide bonds. The van der Waals surface area contributed by atoms with Crippen molar-refractivity contribution in [3.05, 3.63) is 35.7 Å². The summed E-state index contributed by atoms with van der Waals surface area (Å²) in [6.07, 6.45) is 14.5. The van der Waals surface area contributed by atoms with Crippen LogP contribution in [0.2, 0.25) is 0 Å². The summed E-state index contributed by atoms with van der Waals surface area (Å²) < 4.78 is 26.6. The van der Waals surface area contributed by atoms with Crippen molar-refractivity contribution in [2.24, 2.45) is 16.7 Å². The van der Waals surface area contributed by atoms with Crippen molar-refractivity contribution in [3.63, 3.8) is 0 Å². The van der Waals surface area contributed by atoms with E-state index >= 15 is 4.39 Å². The van der Waals surface area contributed by atoms with Crippen LogP contribution in [0, 0.1) is 22.6 Å². The Morgan fingerprint density at radius 3 is 2.48 bits per heavy atom. The number of fused-ring (bicyclic) bond motifs is 1.